The van der Waals surface area contributed by atoms with Crippen LogP contribution in [0.1, 0.15) is 40.5 Å². The van der Waals surface area contributed by atoms with E-state index in [4.69, 9.17) is 0 Å². The number of hydrogen-bond acceptors (Lipinski definition) is 2. The Balaban J connectivity index is 3.88. The van der Waals surface area contributed by atoms with Crippen LogP contribution in [0.25, 0.3) is 0 Å². The van der Waals surface area contributed by atoms with Crippen molar-refractivity contribution in [3.05, 3.63) is 0 Å². The molecule has 0 N–H and O–H groups in total. The molecular formula is C11H20O2. The highest BCUT2D eigenvalue weighted by atomic mass is 16.1. The minimum atomic E-state index is 0.00566. The lowest BCUT2D eigenvalue weighted by Gasteiger charge is -2.13. The maximum Gasteiger partial charge on any atom is 0.135 e. The van der Waals surface area contributed by atoms with Gasteiger partial charge in [-0.1, -0.05) is 27.7 Å². The third kappa shape index (κ3) is 5.56. The average Bonchev–Trinajstić information content (AvgIpc) is 2.02. The van der Waals surface area contributed by atoms with Crippen LogP contribution >= 0.6 is 0 Å². The van der Waals surface area contributed by atoms with E-state index in [1.807, 2.05) is 27.7 Å². The Hall–Kier alpha value is -0.660. The summed E-state index contributed by atoms with van der Waals surface area (Å²) in [5.74, 6) is 0.735. The summed E-state index contributed by atoms with van der Waals surface area (Å²) in [6.07, 6.45) is 2.24. The van der Waals surface area contributed by atoms with Crippen LogP contribution in [-0.2, 0) is 9.59 Å². The lowest BCUT2D eigenvalue weighted by molar-refractivity contribution is -0.123. The van der Waals surface area contributed by atoms with Crippen molar-refractivity contribution in [3.8, 4) is 0 Å². The van der Waals surface area contributed by atoms with Gasteiger partial charge >= 0.3 is 0 Å². The Morgan fingerprint density at radius 1 is 1.23 bits per heavy atom. The van der Waals surface area contributed by atoms with Gasteiger partial charge in [0.15, 0.2) is 0 Å². The molecule has 0 bridgehead atoms. The van der Waals surface area contributed by atoms with E-state index in [1.165, 1.54) is 0 Å². The average molecular weight is 184 g/mol. The smallest absolute Gasteiger partial charge is 0.135 e. The van der Waals surface area contributed by atoms with Crippen molar-refractivity contribution in [3.63, 3.8) is 0 Å². The Kier molecular flexibility index (Phi) is 5.60. The fourth-order valence-electron chi connectivity index (χ4n) is 1.35. The van der Waals surface area contributed by atoms with Crippen molar-refractivity contribution < 1.29 is 9.59 Å². The molecule has 0 aliphatic heterocycles. The maximum absolute atomic E-state index is 11.5. The van der Waals surface area contributed by atoms with Crippen LogP contribution in [0.15, 0.2) is 0 Å². The Bertz CT molecular complexity index is 173. The van der Waals surface area contributed by atoms with Crippen molar-refractivity contribution in [2.45, 2.75) is 40.5 Å². The maximum atomic E-state index is 11.5. The van der Waals surface area contributed by atoms with Gasteiger partial charge in [0.1, 0.15) is 12.1 Å². The third-order valence-electron chi connectivity index (χ3n) is 2.12. The second-order valence-electron chi connectivity index (χ2n) is 4.31. The fourth-order valence-corrected chi connectivity index (χ4v) is 1.35. The first kappa shape index (κ1) is 12.3. The fraction of sp³-hybridized carbons (Fsp3) is 0.818. The van der Waals surface area contributed by atoms with Crippen molar-refractivity contribution in [2.24, 2.45) is 17.8 Å². The lowest BCUT2D eigenvalue weighted by atomic mass is 9.90. The molecule has 2 nitrogen and oxygen atoms in total. The molecule has 0 heterocycles. The molecule has 0 amide bonds. The standard InChI is InChI=1S/C11H20O2/c1-8(2)5-11(13)10(4)6-9(3)7-12/h7-10H,5-6H2,1-4H3. The first-order valence-electron chi connectivity index (χ1n) is 4.95. The molecule has 0 aromatic carbocycles. The van der Waals surface area contributed by atoms with Gasteiger partial charge < -0.3 is 4.79 Å². The molecule has 2 unspecified atom stereocenters. The predicted molar refractivity (Wildman–Crippen MR) is 53.5 cm³/mol. The van der Waals surface area contributed by atoms with Crippen LogP contribution in [0.5, 0.6) is 0 Å². The molecular weight excluding hydrogens is 164 g/mol. The first-order chi connectivity index (χ1) is 5.97. The van der Waals surface area contributed by atoms with Crippen LogP contribution in [0.2, 0.25) is 0 Å². The third-order valence-corrected chi connectivity index (χ3v) is 2.12. The molecule has 0 fully saturated rings. The van der Waals surface area contributed by atoms with Crippen molar-refractivity contribution in [1.82, 2.24) is 0 Å². The highest BCUT2D eigenvalue weighted by Crippen LogP contribution is 2.15. The number of carbonyl (C=O) groups excluding carboxylic acids is 2. The number of hydrogen-bond donors (Lipinski definition) is 0. The molecule has 0 aliphatic rings. The number of ketones is 1. The van der Waals surface area contributed by atoms with Gasteiger partial charge in [-0.2, -0.15) is 0 Å². The van der Waals surface area contributed by atoms with Crippen molar-refractivity contribution in [1.29, 1.82) is 0 Å². The molecule has 0 aromatic heterocycles. The molecule has 0 saturated carbocycles. The highest BCUT2D eigenvalue weighted by Gasteiger charge is 2.16. The minimum Gasteiger partial charge on any atom is -0.303 e. The van der Waals surface area contributed by atoms with Crippen LogP contribution < -0.4 is 0 Å². The van der Waals surface area contributed by atoms with Crippen molar-refractivity contribution >= 4 is 12.1 Å². The molecule has 0 spiro atoms. The zero-order valence-corrected chi connectivity index (χ0v) is 9.04. The van der Waals surface area contributed by atoms with E-state index in [1.54, 1.807) is 0 Å². The lowest BCUT2D eigenvalue weighted by Crippen LogP contribution is -2.16. The Morgan fingerprint density at radius 3 is 2.15 bits per heavy atom. The monoisotopic (exact) mass is 184 g/mol. The molecule has 0 aliphatic carbocycles. The first-order valence-corrected chi connectivity index (χ1v) is 4.95. The molecule has 0 aromatic rings. The summed E-state index contributed by atoms with van der Waals surface area (Å²) in [6.45, 7) is 7.83. The molecule has 76 valence electrons. The zero-order valence-electron chi connectivity index (χ0n) is 9.04. The van der Waals surface area contributed by atoms with E-state index in [-0.39, 0.29) is 17.6 Å². The Labute approximate surface area is 80.7 Å². The summed E-state index contributed by atoms with van der Waals surface area (Å²) < 4.78 is 0. The van der Waals surface area contributed by atoms with Gasteiger partial charge in [-0.3, -0.25) is 4.79 Å². The molecule has 2 heteroatoms. The van der Waals surface area contributed by atoms with Gasteiger partial charge in [0, 0.05) is 18.3 Å². The second-order valence-corrected chi connectivity index (χ2v) is 4.31. The molecule has 2 atom stereocenters. The summed E-state index contributed by atoms with van der Waals surface area (Å²) in [6, 6.07) is 0. The SMILES string of the molecule is CC(C)CC(=O)C(C)CC(C)C=O. The van der Waals surface area contributed by atoms with E-state index in [0.717, 1.165) is 6.29 Å². The van der Waals surface area contributed by atoms with Gasteiger partial charge in [-0.25, -0.2) is 0 Å². The molecule has 0 radical (unpaired) electrons. The van der Waals surface area contributed by atoms with Crippen molar-refractivity contribution in [2.75, 3.05) is 0 Å². The van der Waals surface area contributed by atoms with E-state index in [0.29, 0.717) is 18.8 Å². The van der Waals surface area contributed by atoms with Crippen LogP contribution in [-0.4, -0.2) is 12.1 Å². The number of rotatable bonds is 6. The predicted octanol–water partition coefficient (Wildman–Crippen LogP) is 2.46. The Morgan fingerprint density at radius 2 is 1.77 bits per heavy atom. The van der Waals surface area contributed by atoms with Gasteiger partial charge in [0.25, 0.3) is 0 Å². The van der Waals surface area contributed by atoms with E-state index < -0.39 is 0 Å². The molecule has 0 rings (SSSR count). The molecule has 13 heavy (non-hydrogen) atoms. The van der Waals surface area contributed by atoms with Gasteiger partial charge in [0.05, 0.1) is 0 Å². The summed E-state index contributed by atoms with van der Waals surface area (Å²) in [4.78, 5) is 21.9. The largest absolute Gasteiger partial charge is 0.303 e. The summed E-state index contributed by atoms with van der Waals surface area (Å²) in [5, 5.41) is 0. The number of carbonyl (C=O) groups is 2. The van der Waals surface area contributed by atoms with Crippen LogP contribution in [0, 0.1) is 17.8 Å². The van der Waals surface area contributed by atoms with E-state index in [2.05, 4.69) is 0 Å². The topological polar surface area (TPSA) is 34.1 Å². The van der Waals surface area contributed by atoms with Gasteiger partial charge in [-0.15, -0.1) is 0 Å². The van der Waals surface area contributed by atoms with Gasteiger partial charge in [-0.05, 0) is 12.3 Å². The van der Waals surface area contributed by atoms with Crippen LogP contribution in [0.4, 0.5) is 0 Å². The number of Topliss-reactive ketones (excluding diaryl/α,β-unsaturated/α-hetero) is 1. The second kappa shape index (κ2) is 5.90. The van der Waals surface area contributed by atoms with Gasteiger partial charge in [0.2, 0.25) is 0 Å². The highest BCUT2D eigenvalue weighted by molar-refractivity contribution is 5.81. The zero-order chi connectivity index (χ0) is 10.4. The quantitative estimate of drug-likeness (QED) is 0.594. The van der Waals surface area contributed by atoms with E-state index >= 15 is 0 Å². The normalized spacial score (nSPS) is 15.5. The summed E-state index contributed by atoms with van der Waals surface area (Å²) in [7, 11) is 0. The summed E-state index contributed by atoms with van der Waals surface area (Å²) >= 11 is 0. The molecule has 0 saturated heterocycles. The van der Waals surface area contributed by atoms with Crippen LogP contribution in [0.3, 0.4) is 0 Å². The minimum absolute atomic E-state index is 0.00566. The summed E-state index contributed by atoms with van der Waals surface area (Å²) in [5.41, 5.74) is 0. The number of aldehydes is 1. The van der Waals surface area contributed by atoms with E-state index in [9.17, 15) is 9.59 Å².